The first-order chi connectivity index (χ1) is 14.1. The number of hydrogen-bond donors (Lipinski definition) is 1. The molecule has 0 unspecified atom stereocenters. The molecule has 7 heteroatoms. The van der Waals surface area contributed by atoms with Crippen LogP contribution in [-0.4, -0.2) is 31.6 Å². The van der Waals surface area contributed by atoms with Gasteiger partial charge in [-0.15, -0.1) is 0 Å². The summed E-state index contributed by atoms with van der Waals surface area (Å²) in [6, 6.07) is 12.3. The summed E-state index contributed by atoms with van der Waals surface area (Å²) in [5.41, 5.74) is 1.12. The van der Waals surface area contributed by atoms with E-state index < -0.39 is 5.97 Å². The molecule has 0 bridgehead atoms. The molecule has 2 aromatic carbocycles. The van der Waals surface area contributed by atoms with Gasteiger partial charge in [-0.2, -0.15) is 0 Å². The predicted octanol–water partition coefficient (Wildman–Crippen LogP) is 4.14. The van der Waals surface area contributed by atoms with Gasteiger partial charge in [-0.1, -0.05) is 42.6 Å². The fraction of sp³-hybridized carbons (Fsp3) is 0.364. The van der Waals surface area contributed by atoms with Crippen LogP contribution >= 0.6 is 11.6 Å². The molecule has 1 fully saturated rings. The standard InChI is InChI=1S/C22H24ClNO5/c1-27-20-12-15(22(26)29-14-21(25)24-17-7-3-4-8-17)10-11-19(20)28-13-16-6-2-5-9-18(16)23/h2,5-6,9-12,17H,3-4,7-8,13-14H2,1H3,(H,24,25). The number of rotatable bonds is 8. The maximum Gasteiger partial charge on any atom is 0.338 e. The monoisotopic (exact) mass is 417 g/mol. The van der Waals surface area contributed by atoms with Crippen LogP contribution in [0.5, 0.6) is 11.5 Å². The van der Waals surface area contributed by atoms with Gasteiger partial charge >= 0.3 is 5.97 Å². The highest BCUT2D eigenvalue weighted by Crippen LogP contribution is 2.30. The lowest BCUT2D eigenvalue weighted by atomic mass is 10.2. The van der Waals surface area contributed by atoms with E-state index in [0.717, 1.165) is 31.2 Å². The van der Waals surface area contributed by atoms with Crippen LogP contribution in [0, 0.1) is 0 Å². The molecule has 2 aromatic rings. The lowest BCUT2D eigenvalue weighted by Crippen LogP contribution is -2.35. The van der Waals surface area contributed by atoms with E-state index in [2.05, 4.69) is 5.32 Å². The molecule has 1 aliphatic carbocycles. The summed E-state index contributed by atoms with van der Waals surface area (Å²) in [5.74, 6) is -0.00992. The molecule has 0 radical (unpaired) electrons. The number of amides is 1. The lowest BCUT2D eigenvalue weighted by molar-refractivity contribution is -0.124. The van der Waals surface area contributed by atoms with Crippen LogP contribution in [0.1, 0.15) is 41.6 Å². The third-order valence-corrected chi connectivity index (χ3v) is 5.16. The summed E-state index contributed by atoms with van der Waals surface area (Å²) in [6.07, 6.45) is 4.20. The molecule has 0 aliphatic heterocycles. The fourth-order valence-corrected chi connectivity index (χ4v) is 3.43. The number of ether oxygens (including phenoxy) is 3. The van der Waals surface area contributed by atoms with E-state index >= 15 is 0 Å². The number of benzene rings is 2. The van der Waals surface area contributed by atoms with E-state index in [-0.39, 0.29) is 30.7 Å². The third-order valence-electron chi connectivity index (χ3n) is 4.79. The van der Waals surface area contributed by atoms with Crippen molar-refractivity contribution in [1.29, 1.82) is 0 Å². The van der Waals surface area contributed by atoms with Crippen molar-refractivity contribution in [3.63, 3.8) is 0 Å². The number of halogens is 1. The van der Waals surface area contributed by atoms with Gasteiger partial charge in [0.2, 0.25) is 0 Å². The Kier molecular flexibility index (Phi) is 7.36. The van der Waals surface area contributed by atoms with Crippen molar-refractivity contribution >= 4 is 23.5 Å². The van der Waals surface area contributed by atoms with Crippen molar-refractivity contribution in [1.82, 2.24) is 5.32 Å². The first kappa shape index (κ1) is 21.0. The zero-order valence-electron chi connectivity index (χ0n) is 16.3. The highest BCUT2D eigenvalue weighted by molar-refractivity contribution is 6.31. The second-order valence-electron chi connectivity index (χ2n) is 6.87. The van der Waals surface area contributed by atoms with E-state index in [1.165, 1.54) is 13.2 Å². The highest BCUT2D eigenvalue weighted by atomic mass is 35.5. The van der Waals surface area contributed by atoms with Crippen LogP contribution in [0.4, 0.5) is 0 Å². The summed E-state index contributed by atoms with van der Waals surface area (Å²) < 4.78 is 16.2. The normalized spacial score (nSPS) is 13.7. The smallest absolute Gasteiger partial charge is 0.338 e. The minimum Gasteiger partial charge on any atom is -0.493 e. The third kappa shape index (κ3) is 5.87. The number of hydrogen-bond acceptors (Lipinski definition) is 5. The van der Waals surface area contributed by atoms with Crippen molar-refractivity contribution in [3.8, 4) is 11.5 Å². The van der Waals surface area contributed by atoms with Crippen LogP contribution in [0.25, 0.3) is 0 Å². The summed E-state index contributed by atoms with van der Waals surface area (Å²) >= 11 is 6.14. The Bertz CT molecular complexity index is 864. The molecule has 0 saturated heterocycles. The molecular formula is C22H24ClNO5. The van der Waals surface area contributed by atoms with Crippen molar-refractivity contribution in [2.24, 2.45) is 0 Å². The zero-order chi connectivity index (χ0) is 20.6. The van der Waals surface area contributed by atoms with Gasteiger partial charge in [-0.3, -0.25) is 4.79 Å². The number of esters is 1. The van der Waals surface area contributed by atoms with Crippen molar-refractivity contribution in [3.05, 3.63) is 58.6 Å². The molecule has 1 N–H and O–H groups in total. The second-order valence-corrected chi connectivity index (χ2v) is 7.28. The molecule has 154 valence electrons. The van der Waals surface area contributed by atoms with E-state index in [1.54, 1.807) is 18.2 Å². The molecule has 0 aromatic heterocycles. The van der Waals surface area contributed by atoms with E-state index in [9.17, 15) is 9.59 Å². The molecule has 1 aliphatic rings. The second kappa shape index (κ2) is 10.2. The van der Waals surface area contributed by atoms with Crippen LogP contribution in [-0.2, 0) is 16.1 Å². The van der Waals surface area contributed by atoms with E-state index in [4.69, 9.17) is 25.8 Å². The number of methoxy groups -OCH3 is 1. The maximum absolute atomic E-state index is 12.3. The van der Waals surface area contributed by atoms with E-state index in [1.807, 2.05) is 18.2 Å². The summed E-state index contributed by atoms with van der Waals surface area (Å²) in [5, 5.41) is 3.50. The van der Waals surface area contributed by atoms with Crippen molar-refractivity contribution < 1.29 is 23.8 Å². The highest BCUT2D eigenvalue weighted by Gasteiger charge is 2.19. The summed E-state index contributed by atoms with van der Waals surface area (Å²) in [6.45, 7) is -0.0381. The Morgan fingerprint density at radius 2 is 1.86 bits per heavy atom. The average molecular weight is 418 g/mol. The van der Waals surface area contributed by atoms with Gasteiger partial charge in [-0.25, -0.2) is 4.79 Å². The molecule has 0 heterocycles. The quantitative estimate of drug-likeness (QED) is 0.653. The predicted molar refractivity (Wildman–Crippen MR) is 109 cm³/mol. The summed E-state index contributed by atoms with van der Waals surface area (Å²) in [7, 11) is 1.49. The van der Waals surface area contributed by atoms with Crippen LogP contribution in [0.3, 0.4) is 0 Å². The average Bonchev–Trinajstić information content (AvgIpc) is 3.24. The molecule has 3 rings (SSSR count). The molecule has 1 saturated carbocycles. The Morgan fingerprint density at radius 1 is 1.10 bits per heavy atom. The molecule has 1 amide bonds. The molecule has 0 spiro atoms. The van der Waals surface area contributed by atoms with Gasteiger partial charge in [0.25, 0.3) is 5.91 Å². The minimum absolute atomic E-state index is 0.191. The molecule has 6 nitrogen and oxygen atoms in total. The topological polar surface area (TPSA) is 73.9 Å². The number of nitrogens with one attached hydrogen (secondary N) is 1. The SMILES string of the molecule is COc1cc(C(=O)OCC(=O)NC2CCCC2)ccc1OCc1ccccc1Cl. The maximum atomic E-state index is 12.3. The first-order valence-corrected chi connectivity index (χ1v) is 9.95. The van der Waals surface area contributed by atoms with Crippen LogP contribution < -0.4 is 14.8 Å². The number of carbonyl (C=O) groups is 2. The Hall–Kier alpha value is -2.73. The van der Waals surface area contributed by atoms with Crippen molar-refractivity contribution in [2.45, 2.75) is 38.3 Å². The zero-order valence-corrected chi connectivity index (χ0v) is 17.0. The van der Waals surface area contributed by atoms with E-state index in [0.29, 0.717) is 16.5 Å². The molecule has 0 atom stereocenters. The van der Waals surface area contributed by atoms with Crippen LogP contribution in [0.2, 0.25) is 5.02 Å². The van der Waals surface area contributed by atoms with Crippen LogP contribution in [0.15, 0.2) is 42.5 Å². The fourth-order valence-electron chi connectivity index (χ4n) is 3.24. The lowest BCUT2D eigenvalue weighted by Gasteiger charge is -2.13. The van der Waals surface area contributed by atoms with Gasteiger partial charge in [0.1, 0.15) is 6.61 Å². The Labute approximate surface area is 175 Å². The first-order valence-electron chi connectivity index (χ1n) is 9.57. The Morgan fingerprint density at radius 3 is 2.59 bits per heavy atom. The summed E-state index contributed by atoms with van der Waals surface area (Å²) in [4.78, 5) is 24.2. The molecular weight excluding hydrogens is 394 g/mol. The van der Waals surface area contributed by atoms with Crippen molar-refractivity contribution in [2.75, 3.05) is 13.7 Å². The Balaban J connectivity index is 1.56. The van der Waals surface area contributed by atoms with Gasteiger partial charge in [0.15, 0.2) is 18.1 Å². The van der Waals surface area contributed by atoms with Gasteiger partial charge < -0.3 is 19.5 Å². The largest absolute Gasteiger partial charge is 0.493 e. The minimum atomic E-state index is -0.595. The number of carbonyl (C=O) groups excluding carboxylic acids is 2. The molecule has 29 heavy (non-hydrogen) atoms. The van der Waals surface area contributed by atoms with Gasteiger partial charge in [-0.05, 0) is 37.1 Å². The van der Waals surface area contributed by atoms with Gasteiger partial charge in [0.05, 0.1) is 12.7 Å². The van der Waals surface area contributed by atoms with Gasteiger partial charge in [0, 0.05) is 16.6 Å².